The van der Waals surface area contributed by atoms with Crippen LogP contribution in [0.5, 0.6) is 5.75 Å². The molecule has 1 aliphatic rings. The van der Waals surface area contributed by atoms with Crippen LogP contribution in [0.2, 0.25) is 5.15 Å². The Morgan fingerprint density at radius 1 is 1.33 bits per heavy atom. The maximum absolute atomic E-state index is 12.1. The zero-order chi connectivity index (χ0) is 17.3. The van der Waals surface area contributed by atoms with Gasteiger partial charge in [-0.15, -0.1) is 0 Å². The Kier molecular flexibility index (Phi) is 4.54. The third-order valence-corrected chi connectivity index (χ3v) is 4.01. The maximum Gasteiger partial charge on any atom is 0.410 e. The lowest BCUT2D eigenvalue weighted by Crippen LogP contribution is -2.36. The summed E-state index contributed by atoms with van der Waals surface area (Å²) in [4.78, 5) is 18.1. The second kappa shape index (κ2) is 6.48. The van der Waals surface area contributed by atoms with Gasteiger partial charge in [0, 0.05) is 18.4 Å². The Labute approximate surface area is 146 Å². The monoisotopic (exact) mass is 348 g/mol. The molecular weight excluding hydrogens is 328 g/mol. The molecule has 2 aromatic rings. The standard InChI is InChI=1S/C18H21ClN2O3/c1-18(2,3)24-17(22)21-9-8-13(11-21)23-15-10-12-6-4-5-7-14(12)20-16(15)19/h4-7,10,13H,8-9,11H2,1-3H3. The fourth-order valence-electron chi connectivity index (χ4n) is 2.65. The van der Waals surface area contributed by atoms with Crippen molar-refractivity contribution in [1.82, 2.24) is 9.88 Å². The van der Waals surface area contributed by atoms with Crippen LogP contribution in [0.25, 0.3) is 10.9 Å². The van der Waals surface area contributed by atoms with Crippen LogP contribution in [-0.4, -0.2) is 40.8 Å². The van der Waals surface area contributed by atoms with Crippen molar-refractivity contribution in [2.75, 3.05) is 13.1 Å². The first-order valence-corrected chi connectivity index (χ1v) is 8.39. The normalized spacial score (nSPS) is 18.0. The Hall–Kier alpha value is -2.01. The van der Waals surface area contributed by atoms with Gasteiger partial charge in [-0.05, 0) is 32.9 Å². The summed E-state index contributed by atoms with van der Waals surface area (Å²) >= 11 is 6.23. The van der Waals surface area contributed by atoms with Crippen molar-refractivity contribution in [1.29, 1.82) is 0 Å². The third-order valence-electron chi connectivity index (χ3n) is 3.74. The van der Waals surface area contributed by atoms with Gasteiger partial charge < -0.3 is 14.4 Å². The largest absolute Gasteiger partial charge is 0.485 e. The van der Waals surface area contributed by atoms with Gasteiger partial charge in [0.15, 0.2) is 10.9 Å². The number of nitrogens with zero attached hydrogens (tertiary/aromatic N) is 2. The average Bonchev–Trinajstić information content (AvgIpc) is 2.95. The summed E-state index contributed by atoms with van der Waals surface area (Å²) in [6.07, 6.45) is 0.317. The molecule has 1 atom stereocenters. The molecular formula is C18H21ClN2O3. The molecule has 1 unspecified atom stereocenters. The number of ether oxygens (including phenoxy) is 2. The van der Waals surface area contributed by atoms with E-state index in [0.29, 0.717) is 24.0 Å². The number of amides is 1. The van der Waals surface area contributed by atoms with Gasteiger partial charge in [-0.25, -0.2) is 9.78 Å². The number of pyridine rings is 1. The van der Waals surface area contributed by atoms with E-state index < -0.39 is 5.60 Å². The number of benzene rings is 1. The van der Waals surface area contributed by atoms with E-state index in [1.165, 1.54) is 0 Å². The lowest BCUT2D eigenvalue weighted by Gasteiger charge is -2.24. The number of hydrogen-bond donors (Lipinski definition) is 0. The summed E-state index contributed by atoms with van der Waals surface area (Å²) in [5.74, 6) is 0.548. The zero-order valence-electron chi connectivity index (χ0n) is 14.1. The van der Waals surface area contributed by atoms with Crippen molar-refractivity contribution >= 4 is 28.6 Å². The van der Waals surface area contributed by atoms with Crippen molar-refractivity contribution in [3.63, 3.8) is 0 Å². The van der Waals surface area contributed by atoms with E-state index in [-0.39, 0.29) is 12.2 Å². The SMILES string of the molecule is CC(C)(C)OC(=O)N1CCC(Oc2cc3ccccc3nc2Cl)C1. The molecule has 6 heteroatoms. The van der Waals surface area contributed by atoms with Crippen LogP contribution < -0.4 is 4.74 Å². The van der Waals surface area contributed by atoms with Crippen LogP contribution in [0.4, 0.5) is 4.79 Å². The summed E-state index contributed by atoms with van der Waals surface area (Å²) < 4.78 is 11.4. The van der Waals surface area contributed by atoms with Crippen LogP contribution in [0.15, 0.2) is 30.3 Å². The lowest BCUT2D eigenvalue weighted by molar-refractivity contribution is 0.0275. The van der Waals surface area contributed by atoms with E-state index >= 15 is 0 Å². The highest BCUT2D eigenvalue weighted by atomic mass is 35.5. The fraction of sp³-hybridized carbons (Fsp3) is 0.444. The highest BCUT2D eigenvalue weighted by molar-refractivity contribution is 6.31. The Morgan fingerprint density at radius 2 is 2.08 bits per heavy atom. The smallest absolute Gasteiger partial charge is 0.410 e. The highest BCUT2D eigenvalue weighted by Gasteiger charge is 2.31. The van der Waals surface area contributed by atoms with Gasteiger partial charge in [-0.2, -0.15) is 0 Å². The predicted octanol–water partition coefficient (Wildman–Crippen LogP) is 4.28. The number of rotatable bonds is 2. The van der Waals surface area contributed by atoms with Gasteiger partial charge in [-0.3, -0.25) is 0 Å². The molecule has 2 heterocycles. The molecule has 1 saturated heterocycles. The molecule has 1 aromatic carbocycles. The quantitative estimate of drug-likeness (QED) is 0.760. The van der Waals surface area contributed by atoms with E-state index in [2.05, 4.69) is 4.98 Å². The van der Waals surface area contributed by atoms with Crippen LogP contribution in [0.1, 0.15) is 27.2 Å². The average molecular weight is 349 g/mol. The minimum absolute atomic E-state index is 0.113. The Morgan fingerprint density at radius 3 is 2.83 bits per heavy atom. The maximum atomic E-state index is 12.1. The highest BCUT2D eigenvalue weighted by Crippen LogP contribution is 2.29. The summed E-state index contributed by atoms with van der Waals surface area (Å²) in [6, 6.07) is 9.63. The van der Waals surface area contributed by atoms with Gasteiger partial charge in [0.1, 0.15) is 11.7 Å². The fourth-order valence-corrected chi connectivity index (χ4v) is 2.84. The van der Waals surface area contributed by atoms with Crippen LogP contribution in [0.3, 0.4) is 0 Å². The molecule has 1 aliphatic heterocycles. The molecule has 3 rings (SSSR count). The minimum Gasteiger partial charge on any atom is -0.485 e. The molecule has 1 aromatic heterocycles. The molecule has 0 saturated carbocycles. The van der Waals surface area contributed by atoms with Crippen molar-refractivity contribution in [3.8, 4) is 5.75 Å². The second-order valence-corrected chi connectivity index (χ2v) is 7.28. The summed E-state index contributed by atoms with van der Waals surface area (Å²) in [6.45, 7) is 6.66. The molecule has 0 radical (unpaired) electrons. The number of likely N-dealkylation sites (tertiary alicyclic amines) is 1. The van der Waals surface area contributed by atoms with Gasteiger partial charge in [0.05, 0.1) is 12.1 Å². The molecule has 0 aliphatic carbocycles. The molecule has 0 bridgehead atoms. The summed E-state index contributed by atoms with van der Waals surface area (Å²) in [5, 5.41) is 1.31. The number of carbonyl (C=O) groups excluding carboxylic acids is 1. The molecule has 1 fully saturated rings. The van der Waals surface area contributed by atoms with Crippen LogP contribution in [0, 0.1) is 0 Å². The molecule has 0 N–H and O–H groups in total. The van der Waals surface area contributed by atoms with Gasteiger partial charge in [-0.1, -0.05) is 29.8 Å². The molecule has 1 amide bonds. The first-order chi connectivity index (χ1) is 11.3. The Bertz CT molecular complexity index is 758. The Balaban J connectivity index is 1.67. The number of carbonyl (C=O) groups is 1. The predicted molar refractivity (Wildman–Crippen MR) is 93.6 cm³/mol. The van der Waals surface area contributed by atoms with E-state index in [0.717, 1.165) is 17.3 Å². The topological polar surface area (TPSA) is 51.7 Å². The third kappa shape index (κ3) is 3.90. The van der Waals surface area contributed by atoms with E-state index in [1.807, 2.05) is 51.1 Å². The molecule has 128 valence electrons. The van der Waals surface area contributed by atoms with Crippen LogP contribution >= 0.6 is 11.6 Å². The minimum atomic E-state index is -0.498. The van der Waals surface area contributed by atoms with E-state index in [1.54, 1.807) is 4.90 Å². The number of halogens is 1. The van der Waals surface area contributed by atoms with Crippen molar-refractivity contribution in [3.05, 3.63) is 35.5 Å². The second-order valence-electron chi connectivity index (χ2n) is 6.92. The van der Waals surface area contributed by atoms with Crippen molar-refractivity contribution in [2.24, 2.45) is 0 Å². The van der Waals surface area contributed by atoms with E-state index in [4.69, 9.17) is 21.1 Å². The van der Waals surface area contributed by atoms with Crippen molar-refractivity contribution < 1.29 is 14.3 Å². The summed E-state index contributed by atoms with van der Waals surface area (Å²) in [7, 11) is 0. The van der Waals surface area contributed by atoms with Crippen LogP contribution in [-0.2, 0) is 4.74 Å². The lowest BCUT2D eigenvalue weighted by atomic mass is 10.2. The number of para-hydroxylation sites is 1. The number of aromatic nitrogens is 1. The molecule has 0 spiro atoms. The van der Waals surface area contributed by atoms with Gasteiger partial charge >= 0.3 is 6.09 Å². The van der Waals surface area contributed by atoms with Gasteiger partial charge in [0.25, 0.3) is 0 Å². The number of fused-ring (bicyclic) bond motifs is 1. The summed E-state index contributed by atoms with van der Waals surface area (Å²) in [5.41, 5.74) is 0.332. The zero-order valence-corrected chi connectivity index (χ0v) is 14.8. The first kappa shape index (κ1) is 16.8. The molecule has 5 nitrogen and oxygen atoms in total. The molecule has 24 heavy (non-hydrogen) atoms. The number of hydrogen-bond acceptors (Lipinski definition) is 4. The van der Waals surface area contributed by atoms with Crippen molar-refractivity contribution in [2.45, 2.75) is 38.9 Å². The first-order valence-electron chi connectivity index (χ1n) is 8.02. The van der Waals surface area contributed by atoms with Gasteiger partial charge in [0.2, 0.25) is 0 Å². The van der Waals surface area contributed by atoms with E-state index in [9.17, 15) is 4.79 Å².